The SMILES string of the molecule is CCN(CC)S(=O)(=O)c1cc(C(=O)OCc2nc(-c3cccs3)no2)n(C)c1. The van der Waals surface area contributed by atoms with Gasteiger partial charge in [-0.25, -0.2) is 13.2 Å². The molecule has 3 rings (SSSR count). The number of carbonyl (C=O) groups excluding carboxylic acids is 1. The lowest BCUT2D eigenvalue weighted by atomic mass is 10.4. The minimum absolute atomic E-state index is 0.0448. The number of aromatic nitrogens is 3. The second kappa shape index (κ2) is 8.25. The first-order valence-electron chi connectivity index (χ1n) is 8.56. The van der Waals surface area contributed by atoms with Crippen LogP contribution < -0.4 is 0 Å². The molecule has 0 N–H and O–H groups in total. The zero-order valence-electron chi connectivity index (χ0n) is 15.7. The standard InChI is InChI=1S/C17H20N4O5S2/c1-4-21(5-2)28(23,24)12-9-13(20(3)10-12)17(22)25-11-15-18-16(19-26-15)14-7-6-8-27-14/h6-10H,4-5,11H2,1-3H3. The average Bonchev–Trinajstić information content (AvgIpc) is 3.40. The smallest absolute Gasteiger partial charge is 0.355 e. The third-order valence-corrected chi connectivity index (χ3v) is 6.95. The van der Waals surface area contributed by atoms with E-state index >= 15 is 0 Å². The van der Waals surface area contributed by atoms with Gasteiger partial charge in [0.1, 0.15) is 10.6 Å². The minimum Gasteiger partial charge on any atom is -0.451 e. The van der Waals surface area contributed by atoms with Gasteiger partial charge in [-0.1, -0.05) is 25.1 Å². The molecule has 0 bridgehead atoms. The third kappa shape index (κ3) is 4.01. The number of hydrogen-bond acceptors (Lipinski definition) is 8. The van der Waals surface area contributed by atoms with Gasteiger partial charge in [0.05, 0.1) is 4.88 Å². The number of carbonyl (C=O) groups is 1. The Kier molecular flexibility index (Phi) is 5.96. The van der Waals surface area contributed by atoms with E-state index in [1.807, 2.05) is 17.5 Å². The molecule has 11 heteroatoms. The summed E-state index contributed by atoms with van der Waals surface area (Å²) in [5.74, 6) is -0.103. The number of thiophene rings is 1. The van der Waals surface area contributed by atoms with E-state index in [9.17, 15) is 13.2 Å². The monoisotopic (exact) mass is 424 g/mol. The van der Waals surface area contributed by atoms with Crippen molar-refractivity contribution in [2.75, 3.05) is 13.1 Å². The van der Waals surface area contributed by atoms with Gasteiger partial charge in [0.25, 0.3) is 5.89 Å². The molecule has 0 aliphatic heterocycles. The minimum atomic E-state index is -3.66. The van der Waals surface area contributed by atoms with Gasteiger partial charge in [0, 0.05) is 26.3 Å². The molecule has 0 atom stereocenters. The molecule has 150 valence electrons. The summed E-state index contributed by atoms with van der Waals surface area (Å²) in [5.41, 5.74) is 0.115. The van der Waals surface area contributed by atoms with Crippen molar-refractivity contribution in [2.24, 2.45) is 7.05 Å². The van der Waals surface area contributed by atoms with Crippen LogP contribution in [0.3, 0.4) is 0 Å². The number of sulfonamides is 1. The van der Waals surface area contributed by atoms with E-state index in [0.29, 0.717) is 18.9 Å². The normalized spacial score (nSPS) is 11.9. The van der Waals surface area contributed by atoms with Crippen molar-refractivity contribution in [3.05, 3.63) is 41.4 Å². The molecule has 3 heterocycles. The maximum atomic E-state index is 12.6. The lowest BCUT2D eigenvalue weighted by molar-refractivity contribution is 0.0418. The first-order valence-corrected chi connectivity index (χ1v) is 10.9. The molecule has 0 amide bonds. The summed E-state index contributed by atoms with van der Waals surface area (Å²) < 4.78 is 38.2. The van der Waals surface area contributed by atoms with Crippen molar-refractivity contribution >= 4 is 27.3 Å². The first kappa shape index (κ1) is 20.2. The van der Waals surface area contributed by atoms with Crippen molar-refractivity contribution in [3.63, 3.8) is 0 Å². The molecule has 3 aromatic rings. The lowest BCUT2D eigenvalue weighted by Gasteiger charge is -2.17. The quantitative estimate of drug-likeness (QED) is 0.511. The molecule has 0 fully saturated rings. The Hall–Kier alpha value is -2.50. The summed E-state index contributed by atoms with van der Waals surface area (Å²) in [6.07, 6.45) is 1.39. The van der Waals surface area contributed by atoms with E-state index in [4.69, 9.17) is 9.26 Å². The Morgan fingerprint density at radius 2 is 2.11 bits per heavy atom. The topological polar surface area (TPSA) is 108 Å². The Morgan fingerprint density at radius 1 is 1.36 bits per heavy atom. The Morgan fingerprint density at radius 3 is 2.75 bits per heavy atom. The number of aryl methyl sites for hydroxylation is 1. The van der Waals surface area contributed by atoms with Crippen LogP contribution in [-0.2, 0) is 28.4 Å². The Bertz CT molecular complexity index is 1050. The highest BCUT2D eigenvalue weighted by molar-refractivity contribution is 7.89. The maximum absolute atomic E-state index is 12.6. The summed E-state index contributed by atoms with van der Waals surface area (Å²) in [7, 11) is -2.08. The molecule has 0 unspecified atom stereocenters. The largest absolute Gasteiger partial charge is 0.451 e. The number of nitrogens with zero attached hydrogens (tertiary/aromatic N) is 4. The number of rotatable bonds is 8. The fraction of sp³-hybridized carbons (Fsp3) is 0.353. The number of ether oxygens (including phenoxy) is 1. The van der Waals surface area contributed by atoms with Crippen LogP contribution in [0.1, 0.15) is 30.2 Å². The molecule has 0 spiro atoms. The van der Waals surface area contributed by atoms with Crippen LogP contribution in [0.25, 0.3) is 10.7 Å². The van der Waals surface area contributed by atoms with Crippen LogP contribution >= 0.6 is 11.3 Å². The van der Waals surface area contributed by atoms with Gasteiger partial charge in [-0.3, -0.25) is 0 Å². The molecule has 28 heavy (non-hydrogen) atoms. The van der Waals surface area contributed by atoms with Gasteiger partial charge >= 0.3 is 5.97 Å². The zero-order chi connectivity index (χ0) is 20.3. The summed E-state index contributed by atoms with van der Waals surface area (Å²) in [6, 6.07) is 5.03. The van der Waals surface area contributed by atoms with Gasteiger partial charge < -0.3 is 13.8 Å². The Labute approximate surface area is 166 Å². The molecule has 0 aliphatic carbocycles. The van der Waals surface area contributed by atoms with Gasteiger partial charge in [0.15, 0.2) is 6.61 Å². The van der Waals surface area contributed by atoms with Crippen LogP contribution in [0.15, 0.2) is 39.2 Å². The van der Waals surface area contributed by atoms with E-state index < -0.39 is 16.0 Å². The fourth-order valence-electron chi connectivity index (χ4n) is 2.61. The van der Waals surface area contributed by atoms with Crippen LogP contribution in [0.2, 0.25) is 0 Å². The lowest BCUT2D eigenvalue weighted by Crippen LogP contribution is -2.30. The summed E-state index contributed by atoms with van der Waals surface area (Å²) in [4.78, 5) is 17.4. The molecule has 0 saturated heterocycles. The van der Waals surface area contributed by atoms with Gasteiger partial charge in [-0.2, -0.15) is 9.29 Å². The van der Waals surface area contributed by atoms with Gasteiger partial charge in [-0.05, 0) is 17.5 Å². The van der Waals surface area contributed by atoms with Crippen molar-refractivity contribution < 1.29 is 22.5 Å². The van der Waals surface area contributed by atoms with Crippen molar-refractivity contribution in [1.82, 2.24) is 19.0 Å². The van der Waals surface area contributed by atoms with Crippen molar-refractivity contribution in [1.29, 1.82) is 0 Å². The van der Waals surface area contributed by atoms with Crippen LogP contribution in [0.5, 0.6) is 0 Å². The molecule has 9 nitrogen and oxygen atoms in total. The second-order valence-electron chi connectivity index (χ2n) is 5.83. The molecular formula is C17H20N4O5S2. The maximum Gasteiger partial charge on any atom is 0.355 e. The molecule has 0 aromatic carbocycles. The van der Waals surface area contributed by atoms with E-state index in [2.05, 4.69) is 10.1 Å². The van der Waals surface area contributed by atoms with Crippen LogP contribution in [0.4, 0.5) is 0 Å². The second-order valence-corrected chi connectivity index (χ2v) is 8.71. The highest BCUT2D eigenvalue weighted by Crippen LogP contribution is 2.22. The third-order valence-electron chi connectivity index (χ3n) is 4.07. The van der Waals surface area contributed by atoms with E-state index in [0.717, 1.165) is 4.88 Å². The predicted molar refractivity (Wildman–Crippen MR) is 102 cm³/mol. The molecule has 3 aromatic heterocycles. The van der Waals surface area contributed by atoms with E-state index in [1.54, 1.807) is 20.9 Å². The molecule has 0 aliphatic rings. The summed E-state index contributed by atoms with van der Waals surface area (Å²) in [6.45, 7) is 4.00. The predicted octanol–water partition coefficient (Wildman–Crippen LogP) is 2.52. The first-order chi connectivity index (χ1) is 13.4. The van der Waals surface area contributed by atoms with Crippen molar-refractivity contribution in [3.8, 4) is 10.7 Å². The highest BCUT2D eigenvalue weighted by atomic mass is 32.2. The zero-order valence-corrected chi connectivity index (χ0v) is 17.3. The molecular weight excluding hydrogens is 404 g/mol. The highest BCUT2D eigenvalue weighted by Gasteiger charge is 2.26. The van der Waals surface area contributed by atoms with Crippen molar-refractivity contribution in [2.45, 2.75) is 25.3 Å². The van der Waals surface area contributed by atoms with Crippen LogP contribution in [0, 0.1) is 0 Å². The summed E-state index contributed by atoms with van der Waals surface area (Å²) in [5, 5.41) is 5.74. The molecule has 0 radical (unpaired) electrons. The van der Waals surface area contributed by atoms with Crippen LogP contribution in [-0.4, -0.2) is 46.5 Å². The average molecular weight is 425 g/mol. The Balaban J connectivity index is 1.71. The van der Waals surface area contributed by atoms with Gasteiger partial charge in [0.2, 0.25) is 15.8 Å². The number of hydrogen-bond donors (Lipinski definition) is 0. The molecule has 0 saturated carbocycles. The fourth-order valence-corrected chi connectivity index (χ4v) is 4.79. The van der Waals surface area contributed by atoms with Gasteiger partial charge in [-0.15, -0.1) is 11.3 Å². The summed E-state index contributed by atoms with van der Waals surface area (Å²) >= 11 is 1.47. The van der Waals surface area contributed by atoms with E-state index in [1.165, 1.54) is 32.5 Å². The van der Waals surface area contributed by atoms with E-state index in [-0.39, 0.29) is 23.1 Å². The number of esters is 1.